The molecule has 3 heterocycles. The fourth-order valence-electron chi connectivity index (χ4n) is 4.82. The van der Waals surface area contributed by atoms with Crippen LogP contribution in [-0.4, -0.2) is 34.2 Å². The molecule has 4 aromatic rings. The van der Waals surface area contributed by atoms with Gasteiger partial charge in [0.25, 0.3) is 5.56 Å². The summed E-state index contributed by atoms with van der Waals surface area (Å²) in [5.41, 5.74) is 1.52. The molecule has 1 aromatic carbocycles. The number of sulfone groups is 1. The molecule has 1 unspecified atom stereocenters. The molecule has 0 spiro atoms. The van der Waals surface area contributed by atoms with Gasteiger partial charge in [0.1, 0.15) is 15.6 Å². The molecule has 5 rings (SSSR count). The van der Waals surface area contributed by atoms with Crippen molar-refractivity contribution in [2.75, 3.05) is 6.26 Å². The molecule has 2 atom stereocenters. The summed E-state index contributed by atoms with van der Waals surface area (Å²) in [5.74, 6) is -2.03. The zero-order valence-electron chi connectivity index (χ0n) is 21.0. The van der Waals surface area contributed by atoms with E-state index >= 15 is 8.78 Å². The van der Waals surface area contributed by atoms with E-state index in [1.54, 1.807) is 32.3 Å². The third kappa shape index (κ3) is 4.41. The highest BCUT2D eigenvalue weighted by Crippen LogP contribution is 2.55. The Balaban J connectivity index is 1.62. The standard InChI is InChI=1S/C27H23ClF2N4O3S/c1-13-10-32-25(16-6-5-7-21(23(16)29)38(4,36)37)24(30)26(13)34-15(3)8-19(22(28)27(34)35)17-9-18(17)20-12-31-11-14(2)33-20/h5-8,10-12,17-18H,9H2,1-4H3/t17-,18?/m1/s1. The van der Waals surface area contributed by atoms with Crippen LogP contribution in [0.15, 0.2) is 52.5 Å². The van der Waals surface area contributed by atoms with E-state index < -0.39 is 37.6 Å². The van der Waals surface area contributed by atoms with Gasteiger partial charge in [-0.2, -0.15) is 0 Å². The molecule has 0 saturated heterocycles. The Labute approximate surface area is 223 Å². The number of hydrogen-bond acceptors (Lipinski definition) is 6. The predicted molar refractivity (Wildman–Crippen MR) is 140 cm³/mol. The highest BCUT2D eigenvalue weighted by Gasteiger charge is 2.43. The average molecular weight is 557 g/mol. The lowest BCUT2D eigenvalue weighted by Crippen LogP contribution is -2.24. The number of benzene rings is 1. The maximum Gasteiger partial charge on any atom is 0.274 e. The van der Waals surface area contributed by atoms with Crippen LogP contribution in [0.1, 0.15) is 46.5 Å². The van der Waals surface area contributed by atoms with Crippen LogP contribution < -0.4 is 5.56 Å². The summed E-state index contributed by atoms with van der Waals surface area (Å²) in [6, 6.07) is 5.40. The molecule has 1 saturated carbocycles. The number of rotatable bonds is 5. The molecular weight excluding hydrogens is 534 g/mol. The molecule has 1 aliphatic rings. The maximum atomic E-state index is 16.0. The zero-order chi connectivity index (χ0) is 27.5. The van der Waals surface area contributed by atoms with Gasteiger partial charge in [0.15, 0.2) is 21.5 Å². The number of nitrogens with zero attached hydrogens (tertiary/aromatic N) is 4. The smallest absolute Gasteiger partial charge is 0.274 e. The van der Waals surface area contributed by atoms with Crippen LogP contribution in [0.5, 0.6) is 0 Å². The van der Waals surface area contributed by atoms with Gasteiger partial charge >= 0.3 is 0 Å². The molecule has 0 amide bonds. The number of halogens is 3. The lowest BCUT2D eigenvalue weighted by molar-refractivity contribution is 0.569. The highest BCUT2D eigenvalue weighted by molar-refractivity contribution is 7.90. The van der Waals surface area contributed by atoms with E-state index in [1.165, 1.54) is 18.3 Å². The molecule has 0 bridgehead atoms. The molecule has 3 aromatic heterocycles. The molecule has 196 valence electrons. The quantitative estimate of drug-likeness (QED) is 0.334. The molecule has 7 nitrogen and oxygen atoms in total. The van der Waals surface area contributed by atoms with Gasteiger partial charge in [-0.1, -0.05) is 17.7 Å². The van der Waals surface area contributed by atoms with Crippen molar-refractivity contribution in [1.29, 1.82) is 0 Å². The third-order valence-electron chi connectivity index (χ3n) is 6.72. The lowest BCUT2D eigenvalue weighted by Gasteiger charge is -2.18. The van der Waals surface area contributed by atoms with Gasteiger partial charge in [0.2, 0.25) is 0 Å². The SMILES string of the molecule is Cc1cncc(C2C[C@H]2c2cc(C)n(-c3c(C)cnc(-c4cccc(S(C)(=O)=O)c4F)c3F)c(=O)c2Cl)n1. The molecule has 11 heteroatoms. The first-order chi connectivity index (χ1) is 17.9. The van der Waals surface area contributed by atoms with Crippen molar-refractivity contribution in [3.63, 3.8) is 0 Å². The first-order valence-electron chi connectivity index (χ1n) is 11.7. The average Bonchev–Trinajstić information content (AvgIpc) is 3.64. The number of aromatic nitrogens is 4. The van der Waals surface area contributed by atoms with Crippen molar-refractivity contribution >= 4 is 21.4 Å². The molecule has 0 aliphatic heterocycles. The topological polar surface area (TPSA) is 94.8 Å². The third-order valence-corrected chi connectivity index (χ3v) is 8.22. The van der Waals surface area contributed by atoms with Crippen LogP contribution in [0.25, 0.3) is 16.9 Å². The van der Waals surface area contributed by atoms with E-state index in [-0.39, 0.29) is 28.1 Å². The Morgan fingerprint density at radius 1 is 1.05 bits per heavy atom. The minimum atomic E-state index is -3.91. The van der Waals surface area contributed by atoms with Crippen molar-refractivity contribution in [2.24, 2.45) is 0 Å². The minimum Gasteiger partial charge on any atom is -0.277 e. The van der Waals surface area contributed by atoms with Gasteiger partial charge in [-0.25, -0.2) is 17.2 Å². The summed E-state index contributed by atoms with van der Waals surface area (Å²) < 4.78 is 56.3. The second kappa shape index (κ2) is 9.36. The van der Waals surface area contributed by atoms with E-state index in [0.29, 0.717) is 16.8 Å². The first-order valence-corrected chi connectivity index (χ1v) is 14.0. The van der Waals surface area contributed by atoms with Crippen LogP contribution in [-0.2, 0) is 9.84 Å². The summed E-state index contributed by atoms with van der Waals surface area (Å²) in [7, 11) is -3.91. The van der Waals surface area contributed by atoms with Gasteiger partial charge in [0.05, 0.1) is 17.1 Å². The summed E-state index contributed by atoms with van der Waals surface area (Å²) in [6.07, 6.45) is 6.30. The van der Waals surface area contributed by atoms with Gasteiger partial charge in [-0.3, -0.25) is 24.3 Å². The van der Waals surface area contributed by atoms with Gasteiger partial charge in [0, 0.05) is 42.0 Å². The Morgan fingerprint density at radius 3 is 2.47 bits per heavy atom. The molecular formula is C27H23ClF2N4O3S. The number of pyridine rings is 2. The van der Waals surface area contributed by atoms with Gasteiger partial charge in [-0.15, -0.1) is 0 Å². The highest BCUT2D eigenvalue weighted by atomic mass is 35.5. The molecule has 0 radical (unpaired) electrons. The second-order valence-corrected chi connectivity index (χ2v) is 11.9. The van der Waals surface area contributed by atoms with Crippen LogP contribution >= 0.6 is 11.6 Å². The first kappa shape index (κ1) is 26.1. The Hall–Kier alpha value is -3.50. The van der Waals surface area contributed by atoms with E-state index in [9.17, 15) is 13.2 Å². The number of hydrogen-bond donors (Lipinski definition) is 0. The van der Waals surface area contributed by atoms with Gasteiger partial charge in [-0.05, 0) is 62.4 Å². The fourth-order valence-corrected chi connectivity index (χ4v) is 5.86. The maximum absolute atomic E-state index is 16.0. The van der Waals surface area contributed by atoms with Crippen molar-refractivity contribution in [1.82, 2.24) is 19.5 Å². The minimum absolute atomic E-state index is 0.0218. The molecule has 1 fully saturated rings. The van der Waals surface area contributed by atoms with Gasteiger partial charge < -0.3 is 0 Å². The Bertz CT molecular complexity index is 1790. The van der Waals surface area contributed by atoms with E-state index in [0.717, 1.165) is 34.7 Å². The summed E-state index contributed by atoms with van der Waals surface area (Å²) in [4.78, 5) is 25.7. The summed E-state index contributed by atoms with van der Waals surface area (Å²) in [6.45, 7) is 5.09. The summed E-state index contributed by atoms with van der Waals surface area (Å²) in [5, 5.41) is -0.0360. The Morgan fingerprint density at radius 2 is 1.79 bits per heavy atom. The van der Waals surface area contributed by atoms with Crippen LogP contribution in [0, 0.1) is 32.4 Å². The lowest BCUT2D eigenvalue weighted by atomic mass is 10.1. The van der Waals surface area contributed by atoms with Crippen molar-refractivity contribution in [2.45, 2.75) is 43.9 Å². The second-order valence-electron chi connectivity index (χ2n) is 9.57. The van der Waals surface area contributed by atoms with E-state index in [2.05, 4.69) is 15.0 Å². The molecule has 0 N–H and O–H groups in total. The van der Waals surface area contributed by atoms with Crippen molar-refractivity contribution in [3.8, 4) is 16.9 Å². The molecule has 1 aliphatic carbocycles. The largest absolute Gasteiger partial charge is 0.277 e. The van der Waals surface area contributed by atoms with Crippen LogP contribution in [0.3, 0.4) is 0 Å². The van der Waals surface area contributed by atoms with E-state index in [1.807, 2.05) is 6.92 Å². The Kier molecular flexibility index (Phi) is 6.43. The zero-order valence-corrected chi connectivity index (χ0v) is 22.5. The monoisotopic (exact) mass is 556 g/mol. The summed E-state index contributed by atoms with van der Waals surface area (Å²) >= 11 is 6.56. The van der Waals surface area contributed by atoms with Crippen LogP contribution in [0.2, 0.25) is 5.02 Å². The normalized spacial score (nSPS) is 17.0. The van der Waals surface area contributed by atoms with Crippen molar-refractivity contribution < 1.29 is 17.2 Å². The van der Waals surface area contributed by atoms with Crippen LogP contribution in [0.4, 0.5) is 8.78 Å². The van der Waals surface area contributed by atoms with E-state index in [4.69, 9.17) is 11.6 Å². The fraction of sp³-hybridized carbons (Fsp3) is 0.259. The predicted octanol–water partition coefficient (Wildman–Crippen LogP) is 5.22. The van der Waals surface area contributed by atoms with Crippen molar-refractivity contribution in [3.05, 3.63) is 98.1 Å². The molecule has 38 heavy (non-hydrogen) atoms. The number of aryl methyl sites for hydroxylation is 3.